The Hall–Kier alpha value is -5.00. The van der Waals surface area contributed by atoms with E-state index in [1.165, 1.54) is 33.4 Å². The molecule has 1 aliphatic rings. The average molecular weight is 662 g/mol. The van der Waals surface area contributed by atoms with Gasteiger partial charge in [-0.25, -0.2) is 4.98 Å². The molecule has 1 atom stereocenters. The fourth-order valence-corrected chi connectivity index (χ4v) is 7.80. The Labute approximate surface area is 279 Å². The number of aliphatic hydroxyl groups excluding tert-OH is 1. The number of benzene rings is 3. The third-order valence-electron chi connectivity index (χ3n) is 8.23. The van der Waals surface area contributed by atoms with E-state index in [1.54, 1.807) is 6.07 Å². The summed E-state index contributed by atoms with van der Waals surface area (Å²) in [5.74, 6) is -0.706. The summed E-state index contributed by atoms with van der Waals surface area (Å²) in [6, 6.07) is 24.5. The smallest absolute Gasteiger partial charge is 0.301 e. The molecule has 6 aromatic rings. The maximum absolute atomic E-state index is 13.9. The summed E-state index contributed by atoms with van der Waals surface area (Å²) in [5.41, 5.74) is 4.15. The zero-order chi connectivity index (χ0) is 32.7. The van der Waals surface area contributed by atoms with Crippen LogP contribution in [0.4, 0.5) is 5.13 Å². The van der Waals surface area contributed by atoms with Crippen molar-refractivity contribution in [1.82, 2.24) is 19.6 Å². The first-order valence-electron chi connectivity index (χ1n) is 15.3. The summed E-state index contributed by atoms with van der Waals surface area (Å²) in [6.45, 7) is 6.28. The van der Waals surface area contributed by atoms with Crippen molar-refractivity contribution in [2.24, 2.45) is 0 Å². The molecule has 3 aromatic heterocycles. The third kappa shape index (κ3) is 5.55. The SMILES string of the molecule is CCCOc1cccc(C2/C(=C(\O)c3nc4c(C)cccn4c3C)C(=O)C(=O)N2c2nnc(SCc3cccc4ccccc34)s2)c1. The van der Waals surface area contributed by atoms with Crippen LogP contribution in [0, 0.1) is 13.8 Å². The van der Waals surface area contributed by atoms with Crippen molar-refractivity contribution >= 4 is 62.1 Å². The van der Waals surface area contributed by atoms with Gasteiger partial charge < -0.3 is 14.2 Å². The van der Waals surface area contributed by atoms with Gasteiger partial charge in [0.2, 0.25) is 5.13 Å². The van der Waals surface area contributed by atoms with Gasteiger partial charge in [-0.05, 0) is 65.9 Å². The molecule has 47 heavy (non-hydrogen) atoms. The predicted molar refractivity (Wildman–Crippen MR) is 185 cm³/mol. The van der Waals surface area contributed by atoms with Gasteiger partial charge in [-0.15, -0.1) is 10.2 Å². The number of aromatic nitrogens is 4. The molecule has 0 saturated carbocycles. The van der Waals surface area contributed by atoms with Crippen LogP contribution in [0.15, 0.2) is 95.0 Å². The van der Waals surface area contributed by atoms with E-state index in [0.29, 0.717) is 39.4 Å². The number of Topliss-reactive ketones (excluding diaryl/α,β-unsaturated/α-hetero) is 1. The van der Waals surface area contributed by atoms with Gasteiger partial charge in [-0.3, -0.25) is 14.5 Å². The maximum Gasteiger partial charge on any atom is 0.301 e. The van der Waals surface area contributed by atoms with E-state index < -0.39 is 17.7 Å². The molecule has 1 amide bonds. The van der Waals surface area contributed by atoms with Gasteiger partial charge in [-0.2, -0.15) is 0 Å². The van der Waals surface area contributed by atoms with Crippen LogP contribution in [0.25, 0.3) is 22.2 Å². The number of hydrogen-bond donors (Lipinski definition) is 1. The molecule has 0 spiro atoms. The van der Waals surface area contributed by atoms with Gasteiger partial charge >= 0.3 is 5.91 Å². The second-order valence-corrected chi connectivity index (χ2v) is 13.5. The van der Waals surface area contributed by atoms with Crippen molar-refractivity contribution in [1.29, 1.82) is 0 Å². The van der Waals surface area contributed by atoms with E-state index in [0.717, 1.165) is 22.9 Å². The predicted octanol–water partition coefficient (Wildman–Crippen LogP) is 7.66. The van der Waals surface area contributed by atoms with Crippen LogP contribution in [0.3, 0.4) is 0 Å². The summed E-state index contributed by atoms with van der Waals surface area (Å²) >= 11 is 2.75. The van der Waals surface area contributed by atoms with Crippen LogP contribution < -0.4 is 9.64 Å². The first kappa shape index (κ1) is 30.6. The number of carbonyl (C=O) groups is 2. The number of thioether (sulfide) groups is 1. The molecule has 7 rings (SSSR count). The first-order valence-corrected chi connectivity index (χ1v) is 17.1. The number of ketones is 1. The second kappa shape index (κ2) is 12.7. The van der Waals surface area contributed by atoms with Gasteiger partial charge in [0.05, 0.1) is 23.9 Å². The van der Waals surface area contributed by atoms with E-state index in [-0.39, 0.29) is 22.2 Å². The Morgan fingerprint density at radius 3 is 2.64 bits per heavy atom. The number of amides is 1. The summed E-state index contributed by atoms with van der Waals surface area (Å²) < 4.78 is 8.41. The lowest BCUT2D eigenvalue weighted by molar-refractivity contribution is -0.132. The highest BCUT2D eigenvalue weighted by Crippen LogP contribution is 2.45. The lowest BCUT2D eigenvalue weighted by Gasteiger charge is -2.23. The minimum atomic E-state index is -0.977. The molecular formula is C36H31N5O4S2. The van der Waals surface area contributed by atoms with Crippen LogP contribution in [0.5, 0.6) is 5.75 Å². The number of pyridine rings is 1. The van der Waals surface area contributed by atoms with Crippen LogP contribution in [-0.4, -0.2) is 43.0 Å². The second-order valence-electron chi connectivity index (χ2n) is 11.3. The first-order chi connectivity index (χ1) is 22.9. The van der Waals surface area contributed by atoms with E-state index in [4.69, 9.17) is 9.72 Å². The van der Waals surface area contributed by atoms with E-state index in [9.17, 15) is 14.7 Å². The van der Waals surface area contributed by atoms with Crippen LogP contribution in [0.2, 0.25) is 0 Å². The van der Waals surface area contributed by atoms with Crippen molar-refractivity contribution < 1.29 is 19.4 Å². The molecule has 1 unspecified atom stereocenters. The summed E-state index contributed by atoms with van der Waals surface area (Å²) in [5, 5.41) is 23.2. The summed E-state index contributed by atoms with van der Waals surface area (Å²) in [6.07, 6.45) is 2.67. The number of hydrogen-bond acceptors (Lipinski definition) is 9. The molecule has 236 valence electrons. The molecule has 1 aliphatic heterocycles. The number of imidazole rings is 1. The normalized spacial score (nSPS) is 16.1. The number of rotatable bonds is 9. The fraction of sp³-hybridized carbons (Fsp3) is 0.194. The number of ether oxygens (including phenoxy) is 1. The van der Waals surface area contributed by atoms with Crippen molar-refractivity contribution in [2.45, 2.75) is 43.3 Å². The Balaban J connectivity index is 1.30. The van der Waals surface area contributed by atoms with Crippen molar-refractivity contribution in [2.75, 3.05) is 11.5 Å². The molecule has 1 fully saturated rings. The lowest BCUT2D eigenvalue weighted by atomic mass is 9.96. The minimum Gasteiger partial charge on any atom is -0.505 e. The molecule has 0 aliphatic carbocycles. The van der Waals surface area contributed by atoms with Crippen LogP contribution >= 0.6 is 23.1 Å². The van der Waals surface area contributed by atoms with Crippen molar-refractivity contribution in [3.8, 4) is 5.75 Å². The van der Waals surface area contributed by atoms with Gasteiger partial charge in [0.1, 0.15) is 17.1 Å². The van der Waals surface area contributed by atoms with Crippen molar-refractivity contribution in [3.05, 3.63) is 119 Å². The maximum atomic E-state index is 13.9. The number of aryl methyl sites for hydroxylation is 2. The number of fused-ring (bicyclic) bond motifs is 2. The van der Waals surface area contributed by atoms with Crippen molar-refractivity contribution in [3.63, 3.8) is 0 Å². The van der Waals surface area contributed by atoms with E-state index >= 15 is 0 Å². The molecule has 3 aromatic carbocycles. The number of carbonyl (C=O) groups excluding carboxylic acids is 2. The highest BCUT2D eigenvalue weighted by Gasteiger charge is 2.49. The van der Waals surface area contributed by atoms with Crippen LogP contribution in [0.1, 0.15) is 47.5 Å². The van der Waals surface area contributed by atoms with Gasteiger partial charge in [-0.1, -0.05) is 90.7 Å². The molecule has 0 radical (unpaired) electrons. The highest BCUT2D eigenvalue weighted by atomic mass is 32.2. The molecule has 4 heterocycles. The van der Waals surface area contributed by atoms with Gasteiger partial charge in [0.15, 0.2) is 10.1 Å². The highest BCUT2D eigenvalue weighted by molar-refractivity contribution is 8.00. The largest absolute Gasteiger partial charge is 0.505 e. The quantitative estimate of drug-likeness (QED) is 0.0553. The monoisotopic (exact) mass is 661 g/mol. The van der Waals surface area contributed by atoms with E-state index in [2.05, 4.69) is 34.5 Å². The standard InChI is InChI=1S/C36H31N5O4S2/c1-4-18-45-26-15-8-13-24(19-26)30-28(31(42)29-22(3)40-17-9-10-21(2)33(40)37-29)32(43)34(44)41(30)35-38-39-36(47-35)46-20-25-14-7-12-23-11-5-6-16-27(23)25/h5-17,19,30,42H,4,18,20H2,1-3H3/b31-28+. The van der Waals surface area contributed by atoms with Gasteiger partial charge in [0, 0.05) is 11.9 Å². The molecule has 0 bridgehead atoms. The zero-order valence-corrected chi connectivity index (χ0v) is 27.6. The number of anilines is 1. The number of nitrogens with zero attached hydrogens (tertiary/aromatic N) is 5. The minimum absolute atomic E-state index is 0.0630. The summed E-state index contributed by atoms with van der Waals surface area (Å²) in [7, 11) is 0. The Morgan fingerprint density at radius 1 is 1.00 bits per heavy atom. The Bertz CT molecular complexity index is 2200. The van der Waals surface area contributed by atoms with E-state index in [1.807, 2.05) is 79.9 Å². The number of aliphatic hydroxyl groups is 1. The molecule has 1 N–H and O–H groups in total. The molecule has 9 nitrogen and oxygen atoms in total. The lowest BCUT2D eigenvalue weighted by Crippen LogP contribution is -2.29. The molecular weight excluding hydrogens is 631 g/mol. The molecule has 1 saturated heterocycles. The third-order valence-corrected chi connectivity index (χ3v) is 10.3. The average Bonchev–Trinajstić information content (AvgIpc) is 3.77. The topological polar surface area (TPSA) is 110 Å². The zero-order valence-electron chi connectivity index (χ0n) is 26.0. The Kier molecular flexibility index (Phi) is 8.25. The van der Waals surface area contributed by atoms with Crippen LogP contribution in [-0.2, 0) is 15.3 Å². The summed E-state index contributed by atoms with van der Waals surface area (Å²) in [4.78, 5) is 33.7. The molecule has 11 heteroatoms. The Morgan fingerprint density at radius 2 is 1.81 bits per heavy atom. The van der Waals surface area contributed by atoms with Gasteiger partial charge in [0.25, 0.3) is 5.78 Å². The fourth-order valence-electron chi connectivity index (χ4n) is 5.93.